The predicted octanol–water partition coefficient (Wildman–Crippen LogP) is 2.93. The van der Waals surface area contributed by atoms with E-state index in [2.05, 4.69) is 34.8 Å². The second-order valence-corrected chi connectivity index (χ2v) is 4.26. The second kappa shape index (κ2) is 5.12. The average molecular weight is 245 g/mol. The number of anilines is 1. The van der Waals surface area contributed by atoms with Gasteiger partial charge in [0.25, 0.3) is 0 Å². The van der Waals surface area contributed by atoms with Crippen LogP contribution < -0.4 is 10.1 Å². The maximum atomic E-state index is 5.23. The molecule has 0 amide bonds. The van der Waals surface area contributed by atoms with E-state index in [1.165, 1.54) is 0 Å². The van der Waals surface area contributed by atoms with Crippen molar-refractivity contribution in [1.29, 1.82) is 0 Å². The molecule has 0 atom stereocenters. The Hall–Kier alpha value is -1.97. The third kappa shape index (κ3) is 2.32. The van der Waals surface area contributed by atoms with Crippen LogP contribution in [0.1, 0.15) is 18.2 Å². The number of ether oxygens (including phenoxy) is 1. The number of benzene rings is 1. The number of rotatable bonds is 4. The fraction of sp³-hybridized carbons (Fsp3) is 0.357. The molecule has 4 nitrogen and oxygen atoms in total. The fourth-order valence-electron chi connectivity index (χ4n) is 1.99. The minimum atomic E-state index is 0.853. The third-order valence-corrected chi connectivity index (χ3v) is 2.82. The largest absolute Gasteiger partial charge is 0.497 e. The minimum Gasteiger partial charge on any atom is -0.497 e. The molecular weight excluding hydrogens is 226 g/mol. The zero-order valence-electron chi connectivity index (χ0n) is 11.3. The molecule has 0 aliphatic heterocycles. The molecule has 0 unspecified atom stereocenters. The first-order valence-electron chi connectivity index (χ1n) is 6.10. The van der Waals surface area contributed by atoms with Gasteiger partial charge >= 0.3 is 0 Å². The van der Waals surface area contributed by atoms with Crippen LogP contribution in [0, 0.1) is 13.8 Å². The van der Waals surface area contributed by atoms with Gasteiger partial charge in [-0.05, 0) is 44.5 Å². The van der Waals surface area contributed by atoms with Crippen LogP contribution in [0.15, 0.2) is 24.4 Å². The summed E-state index contributed by atoms with van der Waals surface area (Å²) in [5, 5.41) is 3.27. The van der Waals surface area contributed by atoms with Gasteiger partial charge in [0, 0.05) is 12.7 Å². The Bertz CT molecular complexity index is 546. The monoisotopic (exact) mass is 245 g/mol. The zero-order chi connectivity index (χ0) is 13.1. The highest BCUT2D eigenvalue weighted by molar-refractivity contribution is 5.50. The quantitative estimate of drug-likeness (QED) is 0.900. The first kappa shape index (κ1) is 12.5. The van der Waals surface area contributed by atoms with Gasteiger partial charge in [0.1, 0.15) is 5.75 Å². The van der Waals surface area contributed by atoms with Gasteiger partial charge in [-0.1, -0.05) is 0 Å². The van der Waals surface area contributed by atoms with E-state index in [0.717, 1.165) is 35.2 Å². The zero-order valence-corrected chi connectivity index (χ0v) is 11.3. The molecule has 0 aliphatic rings. The van der Waals surface area contributed by atoms with Crippen molar-refractivity contribution in [2.24, 2.45) is 0 Å². The molecule has 0 spiro atoms. The Kier molecular flexibility index (Phi) is 3.55. The second-order valence-electron chi connectivity index (χ2n) is 4.26. The van der Waals surface area contributed by atoms with Gasteiger partial charge in [0.2, 0.25) is 5.95 Å². The topological polar surface area (TPSA) is 39.1 Å². The number of aromatic nitrogens is 2. The molecule has 1 aromatic carbocycles. The standard InChI is InChI=1S/C14H19N3O/c1-5-15-14-16-11(3)9-17(14)13-7-6-12(18-4)8-10(13)2/h6-9H,5H2,1-4H3,(H,15,16). The summed E-state index contributed by atoms with van der Waals surface area (Å²) in [6.45, 7) is 6.99. The molecule has 0 saturated carbocycles. The van der Waals surface area contributed by atoms with Crippen LogP contribution in [0.3, 0.4) is 0 Å². The van der Waals surface area contributed by atoms with E-state index < -0.39 is 0 Å². The summed E-state index contributed by atoms with van der Waals surface area (Å²) >= 11 is 0. The van der Waals surface area contributed by atoms with E-state index >= 15 is 0 Å². The van der Waals surface area contributed by atoms with Gasteiger partial charge in [-0.25, -0.2) is 4.98 Å². The summed E-state index contributed by atoms with van der Waals surface area (Å²) < 4.78 is 7.31. The summed E-state index contributed by atoms with van der Waals surface area (Å²) in [6, 6.07) is 6.05. The smallest absolute Gasteiger partial charge is 0.207 e. The number of imidazole rings is 1. The van der Waals surface area contributed by atoms with E-state index in [1.807, 2.05) is 25.3 Å². The molecule has 1 N–H and O–H groups in total. The Morgan fingerprint density at radius 3 is 2.72 bits per heavy atom. The van der Waals surface area contributed by atoms with Crippen LogP contribution in [-0.4, -0.2) is 23.2 Å². The Balaban J connectivity index is 2.47. The Labute approximate surface area is 108 Å². The molecule has 1 aromatic heterocycles. The van der Waals surface area contributed by atoms with Crippen molar-refractivity contribution in [3.05, 3.63) is 35.7 Å². The Morgan fingerprint density at radius 1 is 1.33 bits per heavy atom. The van der Waals surface area contributed by atoms with Crippen LogP contribution in [-0.2, 0) is 0 Å². The van der Waals surface area contributed by atoms with E-state index in [4.69, 9.17) is 4.74 Å². The minimum absolute atomic E-state index is 0.853. The molecule has 0 radical (unpaired) electrons. The summed E-state index contributed by atoms with van der Waals surface area (Å²) in [5.74, 6) is 1.75. The number of nitrogens with one attached hydrogen (secondary N) is 1. The first-order valence-corrected chi connectivity index (χ1v) is 6.10. The van der Waals surface area contributed by atoms with Crippen LogP contribution in [0.5, 0.6) is 5.75 Å². The fourth-order valence-corrected chi connectivity index (χ4v) is 1.99. The lowest BCUT2D eigenvalue weighted by atomic mass is 10.2. The normalized spacial score (nSPS) is 10.4. The van der Waals surface area contributed by atoms with Crippen molar-refractivity contribution in [3.8, 4) is 11.4 Å². The molecule has 4 heteroatoms. The third-order valence-electron chi connectivity index (χ3n) is 2.82. The van der Waals surface area contributed by atoms with Crippen molar-refractivity contribution >= 4 is 5.95 Å². The van der Waals surface area contributed by atoms with Crippen LogP contribution >= 0.6 is 0 Å². The lowest BCUT2D eigenvalue weighted by Crippen LogP contribution is -2.06. The molecular formula is C14H19N3O. The maximum Gasteiger partial charge on any atom is 0.207 e. The van der Waals surface area contributed by atoms with Gasteiger partial charge in [0.05, 0.1) is 18.5 Å². The SMILES string of the molecule is CCNc1nc(C)cn1-c1ccc(OC)cc1C. The van der Waals surface area contributed by atoms with E-state index in [1.54, 1.807) is 7.11 Å². The molecule has 2 aromatic rings. The van der Waals surface area contributed by atoms with Crippen molar-refractivity contribution in [2.75, 3.05) is 19.0 Å². The average Bonchev–Trinajstić information content (AvgIpc) is 2.70. The van der Waals surface area contributed by atoms with Gasteiger partial charge in [-0.2, -0.15) is 0 Å². The number of aryl methyl sites for hydroxylation is 2. The van der Waals surface area contributed by atoms with Crippen molar-refractivity contribution in [3.63, 3.8) is 0 Å². The van der Waals surface area contributed by atoms with Crippen molar-refractivity contribution < 1.29 is 4.74 Å². The number of hydrogen-bond acceptors (Lipinski definition) is 3. The van der Waals surface area contributed by atoms with Crippen LogP contribution in [0.2, 0.25) is 0 Å². The molecule has 0 fully saturated rings. The van der Waals surface area contributed by atoms with Gasteiger partial charge < -0.3 is 10.1 Å². The van der Waals surface area contributed by atoms with Gasteiger partial charge in [0.15, 0.2) is 0 Å². The van der Waals surface area contributed by atoms with Crippen molar-refractivity contribution in [1.82, 2.24) is 9.55 Å². The Morgan fingerprint density at radius 2 is 2.11 bits per heavy atom. The number of nitrogens with zero attached hydrogens (tertiary/aromatic N) is 2. The van der Waals surface area contributed by atoms with E-state index in [-0.39, 0.29) is 0 Å². The van der Waals surface area contributed by atoms with Gasteiger partial charge in [-0.3, -0.25) is 4.57 Å². The lowest BCUT2D eigenvalue weighted by Gasteiger charge is -2.12. The predicted molar refractivity (Wildman–Crippen MR) is 73.8 cm³/mol. The number of hydrogen-bond donors (Lipinski definition) is 1. The molecule has 0 bridgehead atoms. The van der Waals surface area contributed by atoms with Crippen molar-refractivity contribution in [2.45, 2.75) is 20.8 Å². The maximum absolute atomic E-state index is 5.23. The molecule has 0 aliphatic carbocycles. The molecule has 0 saturated heterocycles. The molecule has 18 heavy (non-hydrogen) atoms. The summed E-state index contributed by atoms with van der Waals surface area (Å²) in [4.78, 5) is 4.48. The lowest BCUT2D eigenvalue weighted by molar-refractivity contribution is 0.414. The van der Waals surface area contributed by atoms with E-state index in [9.17, 15) is 0 Å². The van der Waals surface area contributed by atoms with Gasteiger partial charge in [-0.15, -0.1) is 0 Å². The first-order chi connectivity index (χ1) is 8.65. The molecule has 96 valence electrons. The van der Waals surface area contributed by atoms with E-state index in [0.29, 0.717) is 0 Å². The molecule has 2 rings (SSSR count). The number of methoxy groups -OCH3 is 1. The van der Waals surface area contributed by atoms with Crippen LogP contribution in [0.25, 0.3) is 5.69 Å². The summed E-state index contributed by atoms with van der Waals surface area (Å²) in [6.07, 6.45) is 2.03. The highest BCUT2D eigenvalue weighted by Crippen LogP contribution is 2.23. The van der Waals surface area contributed by atoms with Crippen LogP contribution in [0.4, 0.5) is 5.95 Å². The molecule has 1 heterocycles. The highest BCUT2D eigenvalue weighted by atomic mass is 16.5. The summed E-state index contributed by atoms with van der Waals surface area (Å²) in [5.41, 5.74) is 3.28. The highest BCUT2D eigenvalue weighted by Gasteiger charge is 2.09. The summed E-state index contributed by atoms with van der Waals surface area (Å²) in [7, 11) is 1.68.